The Kier molecular flexibility index (Phi) is 6.29. The molecule has 0 radical (unpaired) electrons. The second kappa shape index (κ2) is 8.18. The maximum absolute atomic E-state index is 13.9. The number of halogens is 3. The van der Waals surface area contributed by atoms with E-state index in [0.717, 1.165) is 24.9 Å². The van der Waals surface area contributed by atoms with E-state index in [9.17, 15) is 17.2 Å². The van der Waals surface area contributed by atoms with Crippen molar-refractivity contribution >= 4 is 39.8 Å². The Morgan fingerprint density at radius 1 is 1.26 bits per heavy atom. The smallest absolute Gasteiger partial charge is 0.194 e. The molecule has 1 N–H and O–H groups in total. The van der Waals surface area contributed by atoms with Crippen molar-refractivity contribution in [1.82, 2.24) is 10.2 Å². The van der Waals surface area contributed by atoms with Crippen molar-refractivity contribution in [3.8, 4) is 0 Å². The lowest BCUT2D eigenvalue weighted by molar-refractivity contribution is 0.367. The largest absolute Gasteiger partial charge is 0.353 e. The van der Waals surface area contributed by atoms with Gasteiger partial charge in [0.2, 0.25) is 0 Å². The number of fused-ring (bicyclic) bond motifs is 1. The van der Waals surface area contributed by atoms with Crippen molar-refractivity contribution in [2.45, 2.75) is 38.3 Å². The SMILES string of the molecule is I.O=S1(=O)CCC(CN=C(NC2CC2)N2CCc3c(F)cc(F)cc3C2)C1. The fourth-order valence-corrected chi connectivity index (χ4v) is 5.52. The third kappa shape index (κ3) is 5.10. The van der Waals surface area contributed by atoms with Gasteiger partial charge in [0.05, 0.1) is 11.5 Å². The van der Waals surface area contributed by atoms with E-state index in [2.05, 4.69) is 10.3 Å². The minimum Gasteiger partial charge on any atom is -0.353 e. The molecule has 27 heavy (non-hydrogen) atoms. The number of guanidine groups is 1. The average molecular weight is 511 g/mol. The molecule has 1 atom stereocenters. The number of hydrogen-bond donors (Lipinski definition) is 1. The van der Waals surface area contributed by atoms with E-state index in [1.807, 2.05) is 4.90 Å². The fourth-order valence-electron chi connectivity index (χ4n) is 3.67. The van der Waals surface area contributed by atoms with Gasteiger partial charge in [-0.3, -0.25) is 4.99 Å². The first-order valence-corrected chi connectivity index (χ1v) is 10.9. The Hall–Kier alpha value is -0.970. The van der Waals surface area contributed by atoms with Crippen molar-refractivity contribution in [1.29, 1.82) is 0 Å². The quantitative estimate of drug-likeness (QED) is 0.385. The van der Waals surface area contributed by atoms with Crippen molar-refractivity contribution in [3.63, 3.8) is 0 Å². The summed E-state index contributed by atoms with van der Waals surface area (Å²) in [6.45, 7) is 1.48. The van der Waals surface area contributed by atoms with Crippen LogP contribution in [-0.2, 0) is 22.8 Å². The molecule has 1 unspecified atom stereocenters. The van der Waals surface area contributed by atoms with Crippen LogP contribution in [0.4, 0.5) is 8.78 Å². The molecular weight excluding hydrogens is 487 g/mol. The summed E-state index contributed by atoms with van der Waals surface area (Å²) in [7, 11) is -2.92. The third-order valence-electron chi connectivity index (χ3n) is 5.28. The maximum Gasteiger partial charge on any atom is 0.194 e. The van der Waals surface area contributed by atoms with Crippen molar-refractivity contribution in [2.75, 3.05) is 24.6 Å². The molecule has 1 aliphatic carbocycles. The molecule has 5 nitrogen and oxygen atoms in total. The third-order valence-corrected chi connectivity index (χ3v) is 7.12. The highest BCUT2D eigenvalue weighted by molar-refractivity contribution is 14.0. The van der Waals surface area contributed by atoms with Crippen LogP contribution in [0, 0.1) is 17.6 Å². The molecule has 2 aliphatic heterocycles. The molecule has 2 fully saturated rings. The summed E-state index contributed by atoms with van der Waals surface area (Å²) in [5, 5.41) is 3.40. The molecule has 1 saturated heterocycles. The lowest BCUT2D eigenvalue weighted by Crippen LogP contribution is -2.45. The number of nitrogens with one attached hydrogen (secondary N) is 1. The topological polar surface area (TPSA) is 61.8 Å². The molecule has 1 saturated carbocycles. The summed E-state index contributed by atoms with van der Waals surface area (Å²) in [6, 6.07) is 2.72. The normalized spacial score (nSPS) is 24.3. The van der Waals surface area contributed by atoms with Crippen molar-refractivity contribution in [3.05, 3.63) is 34.9 Å². The molecule has 1 aromatic carbocycles. The van der Waals surface area contributed by atoms with E-state index >= 15 is 0 Å². The maximum atomic E-state index is 13.9. The molecule has 0 amide bonds. The van der Waals surface area contributed by atoms with Gasteiger partial charge in [0.15, 0.2) is 15.8 Å². The van der Waals surface area contributed by atoms with Crippen LogP contribution in [0.5, 0.6) is 0 Å². The Bertz CT molecular complexity index is 843. The number of nitrogens with zero attached hydrogens (tertiary/aromatic N) is 2. The zero-order valence-electron chi connectivity index (χ0n) is 15.0. The average Bonchev–Trinajstić information content (AvgIpc) is 3.32. The highest BCUT2D eigenvalue weighted by Crippen LogP contribution is 2.25. The van der Waals surface area contributed by atoms with Crippen LogP contribution in [0.3, 0.4) is 0 Å². The predicted octanol–water partition coefficient (Wildman–Crippen LogP) is 2.48. The summed E-state index contributed by atoms with van der Waals surface area (Å²) in [5.74, 6) is 0.188. The second-order valence-corrected chi connectivity index (χ2v) is 9.78. The van der Waals surface area contributed by atoms with Crippen molar-refractivity contribution < 1.29 is 17.2 Å². The van der Waals surface area contributed by atoms with Gasteiger partial charge in [0, 0.05) is 31.7 Å². The van der Waals surface area contributed by atoms with E-state index in [1.54, 1.807) is 0 Å². The van der Waals surface area contributed by atoms with Gasteiger partial charge in [-0.05, 0) is 48.8 Å². The van der Waals surface area contributed by atoms with Crippen LogP contribution in [-0.4, -0.2) is 49.9 Å². The monoisotopic (exact) mass is 511 g/mol. The molecule has 4 rings (SSSR count). The first kappa shape index (κ1) is 20.8. The minimum absolute atomic E-state index is 0. The zero-order chi connectivity index (χ0) is 18.3. The zero-order valence-corrected chi connectivity index (χ0v) is 18.1. The summed E-state index contributed by atoms with van der Waals surface area (Å²) < 4.78 is 50.8. The molecule has 9 heteroatoms. The number of sulfone groups is 1. The highest BCUT2D eigenvalue weighted by Gasteiger charge is 2.30. The van der Waals surface area contributed by atoms with Gasteiger partial charge in [-0.1, -0.05) is 0 Å². The first-order chi connectivity index (χ1) is 12.4. The number of aliphatic imine (C=N–C) groups is 1. The Labute approximate surface area is 175 Å². The van der Waals surface area contributed by atoms with Crippen LogP contribution in [0.1, 0.15) is 30.4 Å². The van der Waals surface area contributed by atoms with E-state index < -0.39 is 21.5 Å². The van der Waals surface area contributed by atoms with Crippen LogP contribution >= 0.6 is 24.0 Å². The standard InChI is InChI=1S/C18H23F2N3O2S.HI/c19-14-7-13-10-23(5-3-16(13)17(20)8-14)18(22-15-1-2-15)21-9-12-4-6-26(24,25)11-12;/h7-8,12,15H,1-6,9-11H2,(H,21,22);1H. The summed E-state index contributed by atoms with van der Waals surface area (Å²) >= 11 is 0. The van der Waals surface area contributed by atoms with Crippen LogP contribution in [0.15, 0.2) is 17.1 Å². The molecular formula is C18H24F2IN3O2S. The van der Waals surface area contributed by atoms with Crippen LogP contribution in [0.2, 0.25) is 0 Å². The molecule has 0 spiro atoms. The minimum atomic E-state index is -2.92. The lowest BCUT2D eigenvalue weighted by Gasteiger charge is -2.32. The van der Waals surface area contributed by atoms with Crippen LogP contribution in [0.25, 0.3) is 0 Å². The van der Waals surface area contributed by atoms with Crippen molar-refractivity contribution in [2.24, 2.45) is 10.9 Å². The molecule has 2 heterocycles. The van der Waals surface area contributed by atoms with Gasteiger partial charge in [-0.2, -0.15) is 0 Å². The molecule has 1 aromatic rings. The Balaban J connectivity index is 0.00000210. The van der Waals surface area contributed by atoms with E-state index in [0.29, 0.717) is 49.6 Å². The van der Waals surface area contributed by atoms with Gasteiger partial charge >= 0.3 is 0 Å². The van der Waals surface area contributed by atoms with Gasteiger partial charge in [0.1, 0.15) is 11.6 Å². The molecule has 150 valence electrons. The second-order valence-electron chi connectivity index (χ2n) is 7.55. The van der Waals surface area contributed by atoms with Gasteiger partial charge in [-0.25, -0.2) is 17.2 Å². The summed E-state index contributed by atoms with van der Waals surface area (Å²) in [4.78, 5) is 6.69. The van der Waals surface area contributed by atoms with Crippen LogP contribution < -0.4 is 5.32 Å². The van der Waals surface area contributed by atoms with E-state index in [-0.39, 0.29) is 41.4 Å². The summed E-state index contributed by atoms with van der Waals surface area (Å²) in [5.41, 5.74) is 1.23. The Morgan fingerprint density at radius 2 is 2.04 bits per heavy atom. The first-order valence-electron chi connectivity index (χ1n) is 9.13. The van der Waals surface area contributed by atoms with E-state index in [1.165, 1.54) is 6.07 Å². The summed E-state index contributed by atoms with van der Waals surface area (Å²) in [6.07, 6.45) is 3.33. The molecule has 3 aliphatic rings. The highest BCUT2D eigenvalue weighted by atomic mass is 127. The van der Waals surface area contributed by atoms with Gasteiger partial charge in [-0.15, -0.1) is 24.0 Å². The molecule has 0 bridgehead atoms. The van der Waals surface area contributed by atoms with Gasteiger partial charge in [0.25, 0.3) is 0 Å². The van der Waals surface area contributed by atoms with Gasteiger partial charge < -0.3 is 10.2 Å². The van der Waals surface area contributed by atoms with E-state index in [4.69, 9.17) is 0 Å². The predicted molar refractivity (Wildman–Crippen MR) is 111 cm³/mol. The Morgan fingerprint density at radius 3 is 2.70 bits per heavy atom. The molecule has 0 aromatic heterocycles. The lowest BCUT2D eigenvalue weighted by atomic mass is 9.99. The number of hydrogen-bond acceptors (Lipinski definition) is 3. The number of rotatable bonds is 3. The number of benzene rings is 1. The fraction of sp³-hybridized carbons (Fsp3) is 0.611.